The van der Waals surface area contributed by atoms with E-state index in [9.17, 15) is 19.5 Å². The largest absolute Gasteiger partial charge is 0.480 e. The van der Waals surface area contributed by atoms with Crippen LogP contribution in [0.4, 0.5) is 4.79 Å². The van der Waals surface area contributed by atoms with Crippen LogP contribution in [0.2, 0.25) is 0 Å². The summed E-state index contributed by atoms with van der Waals surface area (Å²) in [5.74, 6) is -2.58. The van der Waals surface area contributed by atoms with Crippen LogP contribution in [-0.4, -0.2) is 53.3 Å². The summed E-state index contributed by atoms with van der Waals surface area (Å²) in [7, 11) is 1.24. The van der Waals surface area contributed by atoms with Gasteiger partial charge >= 0.3 is 18.0 Å². The zero-order valence-corrected chi connectivity index (χ0v) is 14.3. The van der Waals surface area contributed by atoms with Crippen molar-refractivity contribution < 1.29 is 29.0 Å². The molecule has 1 amide bonds. The van der Waals surface area contributed by atoms with Crippen LogP contribution in [0.5, 0.6) is 0 Å². The lowest BCUT2D eigenvalue weighted by molar-refractivity contribution is -0.146. The molecule has 0 radical (unpaired) electrons. The van der Waals surface area contributed by atoms with Gasteiger partial charge in [-0.1, -0.05) is 12.2 Å². The fourth-order valence-electron chi connectivity index (χ4n) is 2.79. The quantitative estimate of drug-likeness (QED) is 0.627. The number of ether oxygens (including phenoxy) is 2. The van der Waals surface area contributed by atoms with E-state index in [1.54, 1.807) is 27.7 Å². The molecule has 23 heavy (non-hydrogen) atoms. The molecule has 0 aromatic heterocycles. The second kappa shape index (κ2) is 7.02. The Labute approximate surface area is 136 Å². The molecule has 1 aliphatic heterocycles. The highest BCUT2D eigenvalue weighted by molar-refractivity contribution is 5.82. The van der Waals surface area contributed by atoms with Crippen molar-refractivity contribution in [3.8, 4) is 0 Å². The van der Waals surface area contributed by atoms with Gasteiger partial charge in [0.25, 0.3) is 0 Å². The third-order valence-electron chi connectivity index (χ3n) is 3.80. The first-order valence-corrected chi connectivity index (χ1v) is 7.42. The van der Waals surface area contributed by atoms with Gasteiger partial charge in [-0.2, -0.15) is 0 Å². The van der Waals surface area contributed by atoms with Gasteiger partial charge in [0, 0.05) is 18.4 Å². The first kappa shape index (κ1) is 19.0. The average Bonchev–Trinajstić information content (AvgIpc) is 2.76. The topological polar surface area (TPSA) is 93.1 Å². The Balaban J connectivity index is 3.12. The molecule has 0 aliphatic carbocycles. The average molecular weight is 327 g/mol. The molecule has 0 aromatic carbocycles. The zero-order chi connectivity index (χ0) is 17.9. The highest BCUT2D eigenvalue weighted by Crippen LogP contribution is 2.37. The van der Waals surface area contributed by atoms with Gasteiger partial charge in [0.1, 0.15) is 11.6 Å². The van der Waals surface area contributed by atoms with Gasteiger partial charge < -0.3 is 14.6 Å². The van der Waals surface area contributed by atoms with Crippen LogP contribution in [0.25, 0.3) is 0 Å². The predicted molar refractivity (Wildman–Crippen MR) is 82.8 cm³/mol. The summed E-state index contributed by atoms with van der Waals surface area (Å²) in [5.41, 5.74) is -0.0181. The number of esters is 1. The molecule has 3 atom stereocenters. The molecule has 1 fully saturated rings. The summed E-state index contributed by atoms with van der Waals surface area (Å²) in [6.07, 6.45) is -0.798. The first-order chi connectivity index (χ1) is 10.5. The fourth-order valence-corrected chi connectivity index (χ4v) is 2.79. The van der Waals surface area contributed by atoms with Gasteiger partial charge in [-0.3, -0.25) is 9.69 Å². The van der Waals surface area contributed by atoms with Crippen molar-refractivity contribution in [2.45, 2.75) is 45.8 Å². The number of likely N-dealkylation sites (tertiary alicyclic amines) is 1. The third-order valence-corrected chi connectivity index (χ3v) is 3.80. The molecule has 1 N–H and O–H groups in total. The van der Waals surface area contributed by atoms with E-state index in [4.69, 9.17) is 4.74 Å². The minimum absolute atomic E-state index is 0.0930. The maximum absolute atomic E-state index is 12.3. The van der Waals surface area contributed by atoms with Gasteiger partial charge in [0.2, 0.25) is 0 Å². The predicted octanol–water partition coefficient (Wildman–Crippen LogP) is 2.06. The zero-order valence-electron chi connectivity index (χ0n) is 14.3. The second-order valence-electron chi connectivity index (χ2n) is 6.81. The van der Waals surface area contributed by atoms with Crippen LogP contribution in [0.15, 0.2) is 12.2 Å². The standard InChI is InChI=1S/C16H25NO6/c1-9(2)11-8-17(15(21)23-16(3,4)5)13(14(19)20)10(11)7-12(18)22-6/h10-11,13H,1,7-8H2,2-6H3,(H,19,20)/t10-,11-,13-/m0/s1. The smallest absolute Gasteiger partial charge is 0.411 e. The number of nitrogens with zero attached hydrogens (tertiary/aromatic N) is 1. The Morgan fingerprint density at radius 3 is 2.26 bits per heavy atom. The van der Waals surface area contributed by atoms with Crippen LogP contribution in [0, 0.1) is 11.8 Å². The van der Waals surface area contributed by atoms with Crippen LogP contribution in [-0.2, 0) is 19.1 Å². The monoisotopic (exact) mass is 327 g/mol. The Kier molecular flexibility index (Phi) is 5.80. The van der Waals surface area contributed by atoms with E-state index in [1.165, 1.54) is 12.0 Å². The lowest BCUT2D eigenvalue weighted by Crippen LogP contribution is -2.45. The van der Waals surface area contributed by atoms with E-state index in [-0.39, 0.29) is 18.9 Å². The van der Waals surface area contributed by atoms with Crippen molar-refractivity contribution in [2.24, 2.45) is 11.8 Å². The summed E-state index contributed by atoms with van der Waals surface area (Å²) in [6, 6.07) is -1.15. The van der Waals surface area contributed by atoms with Crippen molar-refractivity contribution in [1.29, 1.82) is 0 Å². The maximum Gasteiger partial charge on any atom is 0.411 e. The molecular weight excluding hydrogens is 302 g/mol. The maximum atomic E-state index is 12.3. The summed E-state index contributed by atoms with van der Waals surface area (Å²) in [6.45, 7) is 10.9. The van der Waals surface area contributed by atoms with Crippen LogP contribution < -0.4 is 0 Å². The molecule has 1 rings (SSSR count). The van der Waals surface area contributed by atoms with Gasteiger partial charge in [0.05, 0.1) is 13.5 Å². The number of rotatable bonds is 4. The third kappa shape index (κ3) is 4.71. The lowest BCUT2D eigenvalue weighted by atomic mass is 9.84. The summed E-state index contributed by atoms with van der Waals surface area (Å²) in [4.78, 5) is 36.8. The number of hydrogen-bond acceptors (Lipinski definition) is 5. The van der Waals surface area contributed by atoms with Gasteiger partial charge in [-0.05, 0) is 27.7 Å². The molecule has 1 aliphatic rings. The number of carboxylic acid groups (broad SMARTS) is 1. The van der Waals surface area contributed by atoms with E-state index >= 15 is 0 Å². The van der Waals surface area contributed by atoms with Crippen LogP contribution in [0.3, 0.4) is 0 Å². The molecule has 0 unspecified atom stereocenters. The van der Waals surface area contributed by atoms with Gasteiger partial charge in [-0.25, -0.2) is 9.59 Å². The molecule has 1 saturated heterocycles. The SMILES string of the molecule is C=C(C)[C@@H]1CN(C(=O)OC(C)(C)C)[C@H](C(=O)O)[C@H]1CC(=O)OC. The van der Waals surface area contributed by atoms with Gasteiger partial charge in [0.15, 0.2) is 0 Å². The number of aliphatic carboxylic acids is 1. The highest BCUT2D eigenvalue weighted by atomic mass is 16.6. The number of hydrogen-bond donors (Lipinski definition) is 1. The van der Waals surface area contributed by atoms with Crippen molar-refractivity contribution in [1.82, 2.24) is 4.90 Å². The number of carbonyl (C=O) groups excluding carboxylic acids is 2. The molecule has 7 heteroatoms. The molecule has 0 saturated carbocycles. The van der Waals surface area contributed by atoms with E-state index in [0.29, 0.717) is 0 Å². The Morgan fingerprint density at radius 1 is 1.30 bits per heavy atom. The molecule has 0 bridgehead atoms. The minimum Gasteiger partial charge on any atom is -0.480 e. The molecule has 1 heterocycles. The number of amides is 1. The Hall–Kier alpha value is -2.05. The Bertz CT molecular complexity index is 507. The van der Waals surface area contributed by atoms with Gasteiger partial charge in [-0.15, -0.1) is 0 Å². The summed E-state index contributed by atoms with van der Waals surface area (Å²) >= 11 is 0. The number of carboxylic acids is 1. The normalized spacial score (nSPS) is 24.2. The van der Waals surface area contributed by atoms with Crippen molar-refractivity contribution in [2.75, 3.05) is 13.7 Å². The van der Waals surface area contributed by atoms with E-state index in [1.807, 2.05) is 0 Å². The van der Waals surface area contributed by atoms with Crippen molar-refractivity contribution in [3.63, 3.8) is 0 Å². The fraction of sp³-hybridized carbons (Fsp3) is 0.688. The molecular formula is C16H25NO6. The van der Waals surface area contributed by atoms with E-state index in [2.05, 4.69) is 11.3 Å². The molecule has 0 spiro atoms. The highest BCUT2D eigenvalue weighted by Gasteiger charge is 2.50. The van der Waals surface area contributed by atoms with Crippen LogP contribution in [0.1, 0.15) is 34.1 Å². The van der Waals surface area contributed by atoms with Crippen molar-refractivity contribution >= 4 is 18.0 Å². The van der Waals surface area contributed by atoms with E-state index in [0.717, 1.165) is 5.57 Å². The van der Waals surface area contributed by atoms with E-state index < -0.39 is 35.6 Å². The van der Waals surface area contributed by atoms with Crippen molar-refractivity contribution in [3.05, 3.63) is 12.2 Å². The van der Waals surface area contributed by atoms with Crippen LogP contribution >= 0.6 is 0 Å². The molecule has 130 valence electrons. The summed E-state index contributed by atoms with van der Waals surface area (Å²) in [5, 5.41) is 9.56. The number of carbonyl (C=O) groups is 3. The summed E-state index contributed by atoms with van der Waals surface area (Å²) < 4.78 is 9.94. The second-order valence-corrected chi connectivity index (χ2v) is 6.81. The Morgan fingerprint density at radius 2 is 1.87 bits per heavy atom. The number of methoxy groups -OCH3 is 1. The molecule has 0 aromatic rings. The molecule has 7 nitrogen and oxygen atoms in total. The first-order valence-electron chi connectivity index (χ1n) is 7.42. The lowest BCUT2D eigenvalue weighted by Gasteiger charge is -2.28. The minimum atomic E-state index is -1.17.